The van der Waals surface area contributed by atoms with Crippen LogP contribution in [0, 0.1) is 0 Å². The number of rotatable bonds is 2. The Morgan fingerprint density at radius 3 is 2.36 bits per heavy atom. The summed E-state index contributed by atoms with van der Waals surface area (Å²) in [4.78, 5) is 15.4. The maximum atomic E-state index is 10.9. The monoisotopic (exact) mass is 339 g/mol. The van der Waals surface area contributed by atoms with Gasteiger partial charge in [0, 0.05) is 18.3 Å². The van der Waals surface area contributed by atoms with Gasteiger partial charge >= 0.3 is 5.97 Å². The molecule has 3 aromatic rings. The maximum Gasteiger partial charge on any atom is 0.335 e. The minimum absolute atomic E-state index is 0. The number of fused-ring (bicyclic) bond motifs is 1. The van der Waals surface area contributed by atoms with Gasteiger partial charge in [-0.1, -0.05) is 12.1 Å². The molecule has 1 heterocycles. The van der Waals surface area contributed by atoms with Gasteiger partial charge in [0.1, 0.15) is 5.82 Å². The van der Waals surface area contributed by atoms with Gasteiger partial charge in [-0.25, -0.2) is 9.78 Å². The number of aromatic carboxylic acids is 1. The number of nitrogens with two attached hydrogens (primary N) is 1. The highest BCUT2D eigenvalue weighted by atomic mass is 35.5. The predicted octanol–water partition coefficient (Wildman–Crippen LogP) is 3.36. The van der Waals surface area contributed by atoms with Gasteiger partial charge in [-0.2, -0.15) is 0 Å². The van der Waals surface area contributed by atoms with Gasteiger partial charge in [0.15, 0.2) is 0 Å². The Balaban J connectivity index is 0.00000121. The number of nitrogen functional groups attached to an aromatic ring is 1. The van der Waals surface area contributed by atoms with E-state index in [1.165, 1.54) is 0 Å². The van der Waals surface area contributed by atoms with Crippen molar-refractivity contribution in [2.75, 3.05) is 5.73 Å². The van der Waals surface area contributed by atoms with Crippen molar-refractivity contribution in [1.29, 1.82) is 0 Å². The highest BCUT2D eigenvalue weighted by molar-refractivity contribution is 5.88. The Morgan fingerprint density at radius 2 is 1.77 bits per heavy atom. The molecule has 116 valence electrons. The SMILES string of the molecule is Cl.Cl.Cn1c(-c2ccc(C(=O)O)cc2)nc2cc(N)ccc21. The summed E-state index contributed by atoms with van der Waals surface area (Å²) in [6, 6.07) is 12.2. The van der Waals surface area contributed by atoms with E-state index in [2.05, 4.69) is 4.98 Å². The molecule has 0 spiro atoms. The van der Waals surface area contributed by atoms with Crippen molar-refractivity contribution < 1.29 is 9.90 Å². The quantitative estimate of drug-likeness (QED) is 0.701. The van der Waals surface area contributed by atoms with Gasteiger partial charge in [0.25, 0.3) is 0 Å². The summed E-state index contributed by atoms with van der Waals surface area (Å²) in [7, 11) is 1.92. The lowest BCUT2D eigenvalue weighted by atomic mass is 10.1. The molecule has 3 rings (SSSR count). The van der Waals surface area contributed by atoms with Crippen LogP contribution in [0.1, 0.15) is 10.4 Å². The van der Waals surface area contributed by atoms with Crippen LogP contribution in [0.25, 0.3) is 22.4 Å². The molecule has 0 saturated heterocycles. The van der Waals surface area contributed by atoms with Crippen LogP contribution in [0.15, 0.2) is 42.5 Å². The van der Waals surface area contributed by atoms with Crippen molar-refractivity contribution >= 4 is 47.5 Å². The van der Waals surface area contributed by atoms with Gasteiger partial charge < -0.3 is 15.4 Å². The second-order valence-corrected chi connectivity index (χ2v) is 4.63. The molecule has 22 heavy (non-hydrogen) atoms. The van der Waals surface area contributed by atoms with Crippen molar-refractivity contribution in [3.8, 4) is 11.4 Å². The Bertz CT molecular complexity index is 814. The van der Waals surface area contributed by atoms with E-state index in [9.17, 15) is 4.79 Å². The molecule has 0 bridgehead atoms. The highest BCUT2D eigenvalue weighted by Gasteiger charge is 2.10. The first kappa shape index (κ1) is 17.8. The Kier molecular flexibility index (Phi) is 5.41. The number of hydrogen-bond donors (Lipinski definition) is 2. The molecule has 0 atom stereocenters. The van der Waals surface area contributed by atoms with Crippen LogP contribution < -0.4 is 5.73 Å². The van der Waals surface area contributed by atoms with Crippen molar-refractivity contribution in [1.82, 2.24) is 9.55 Å². The van der Waals surface area contributed by atoms with E-state index in [1.54, 1.807) is 24.3 Å². The molecule has 3 N–H and O–H groups in total. The number of carbonyl (C=O) groups is 1. The van der Waals surface area contributed by atoms with Crippen LogP contribution in [-0.4, -0.2) is 20.6 Å². The smallest absolute Gasteiger partial charge is 0.335 e. The number of carboxylic acid groups (broad SMARTS) is 1. The van der Waals surface area contributed by atoms with Crippen LogP contribution >= 0.6 is 24.8 Å². The largest absolute Gasteiger partial charge is 0.478 e. The topological polar surface area (TPSA) is 81.1 Å². The average molecular weight is 340 g/mol. The minimum atomic E-state index is -0.936. The van der Waals surface area contributed by atoms with Crippen molar-refractivity contribution in [2.24, 2.45) is 7.05 Å². The first-order valence-corrected chi connectivity index (χ1v) is 6.12. The summed E-state index contributed by atoms with van der Waals surface area (Å²) < 4.78 is 1.96. The lowest BCUT2D eigenvalue weighted by molar-refractivity contribution is 0.0697. The molecule has 0 saturated carbocycles. The predicted molar refractivity (Wildman–Crippen MR) is 92.0 cm³/mol. The van der Waals surface area contributed by atoms with E-state index in [0.29, 0.717) is 5.69 Å². The van der Waals surface area contributed by atoms with Gasteiger partial charge in [0.05, 0.1) is 16.6 Å². The summed E-state index contributed by atoms with van der Waals surface area (Å²) in [5.74, 6) is -0.156. The molecule has 0 radical (unpaired) electrons. The Hall–Kier alpha value is -2.24. The lowest BCUT2D eigenvalue weighted by Gasteiger charge is -2.03. The molecule has 2 aromatic carbocycles. The van der Waals surface area contributed by atoms with Crippen LogP contribution in [0.5, 0.6) is 0 Å². The fourth-order valence-corrected chi connectivity index (χ4v) is 2.24. The van der Waals surface area contributed by atoms with E-state index in [0.717, 1.165) is 22.4 Å². The molecule has 0 fully saturated rings. The zero-order chi connectivity index (χ0) is 14.3. The minimum Gasteiger partial charge on any atom is -0.478 e. The summed E-state index contributed by atoms with van der Waals surface area (Å²) in [6.07, 6.45) is 0. The van der Waals surface area contributed by atoms with Gasteiger partial charge in [-0.15, -0.1) is 24.8 Å². The molecule has 5 nitrogen and oxygen atoms in total. The fourth-order valence-electron chi connectivity index (χ4n) is 2.24. The van der Waals surface area contributed by atoms with Gasteiger partial charge in [-0.3, -0.25) is 0 Å². The lowest BCUT2D eigenvalue weighted by Crippen LogP contribution is -1.97. The van der Waals surface area contributed by atoms with E-state index in [1.807, 2.05) is 29.8 Å². The van der Waals surface area contributed by atoms with E-state index >= 15 is 0 Å². The van der Waals surface area contributed by atoms with Crippen molar-refractivity contribution in [3.05, 3.63) is 48.0 Å². The Morgan fingerprint density at radius 1 is 1.14 bits per heavy atom. The van der Waals surface area contributed by atoms with Crippen molar-refractivity contribution in [2.45, 2.75) is 0 Å². The number of aromatic nitrogens is 2. The Labute approximate surface area is 139 Å². The molecule has 0 unspecified atom stereocenters. The first-order chi connectivity index (χ1) is 9.56. The van der Waals surface area contributed by atoms with E-state index < -0.39 is 5.97 Å². The second kappa shape index (κ2) is 6.68. The summed E-state index contributed by atoms with van der Waals surface area (Å²) in [6.45, 7) is 0. The second-order valence-electron chi connectivity index (χ2n) is 4.63. The zero-order valence-electron chi connectivity index (χ0n) is 11.7. The number of nitrogens with zero attached hydrogens (tertiary/aromatic N) is 2. The van der Waals surface area contributed by atoms with Crippen LogP contribution in [-0.2, 0) is 7.05 Å². The average Bonchev–Trinajstić information content (AvgIpc) is 2.75. The summed E-state index contributed by atoms with van der Waals surface area (Å²) in [5.41, 5.74) is 9.37. The molecule has 0 aliphatic carbocycles. The van der Waals surface area contributed by atoms with Gasteiger partial charge in [-0.05, 0) is 30.3 Å². The van der Waals surface area contributed by atoms with Crippen LogP contribution in [0.2, 0.25) is 0 Å². The molecule has 1 aromatic heterocycles. The standard InChI is InChI=1S/C15H13N3O2.2ClH/c1-18-13-7-6-11(16)8-12(13)17-14(18)9-2-4-10(5-3-9)15(19)20;;/h2-8H,16H2,1H3,(H,19,20);2*1H. The molecule has 0 aliphatic heterocycles. The van der Waals surface area contributed by atoms with E-state index in [4.69, 9.17) is 10.8 Å². The molecular weight excluding hydrogens is 325 g/mol. The number of hydrogen-bond acceptors (Lipinski definition) is 3. The maximum absolute atomic E-state index is 10.9. The number of aryl methyl sites for hydroxylation is 1. The third-order valence-corrected chi connectivity index (χ3v) is 3.29. The van der Waals surface area contributed by atoms with Crippen molar-refractivity contribution in [3.63, 3.8) is 0 Å². The summed E-state index contributed by atoms with van der Waals surface area (Å²) >= 11 is 0. The molecule has 0 amide bonds. The molecule has 7 heteroatoms. The first-order valence-electron chi connectivity index (χ1n) is 6.12. The third-order valence-electron chi connectivity index (χ3n) is 3.29. The number of anilines is 1. The summed E-state index contributed by atoms with van der Waals surface area (Å²) in [5, 5.41) is 8.91. The number of halogens is 2. The highest BCUT2D eigenvalue weighted by Crippen LogP contribution is 2.25. The number of imidazole rings is 1. The number of carboxylic acids is 1. The van der Waals surface area contributed by atoms with Crippen LogP contribution in [0.3, 0.4) is 0 Å². The van der Waals surface area contributed by atoms with Gasteiger partial charge in [0.2, 0.25) is 0 Å². The molecule has 0 aliphatic rings. The number of benzene rings is 2. The zero-order valence-corrected chi connectivity index (χ0v) is 13.3. The fraction of sp³-hybridized carbons (Fsp3) is 0.0667. The van der Waals surface area contributed by atoms with Crippen LogP contribution in [0.4, 0.5) is 5.69 Å². The molecular formula is C15H15Cl2N3O2. The normalized spacial score (nSPS) is 9.86. The third kappa shape index (κ3) is 3.00. The van der Waals surface area contributed by atoms with E-state index in [-0.39, 0.29) is 30.4 Å².